The monoisotopic (exact) mass is 417 g/mol. The molecule has 0 radical (unpaired) electrons. The first-order valence-electron chi connectivity index (χ1n) is 8.49. The van der Waals surface area contributed by atoms with Crippen molar-refractivity contribution in [3.63, 3.8) is 0 Å². The van der Waals surface area contributed by atoms with E-state index in [0.717, 1.165) is 9.87 Å². The van der Waals surface area contributed by atoms with E-state index in [2.05, 4.69) is 18.9 Å². The number of rotatable bonds is 8. The molecule has 0 aliphatic carbocycles. The van der Waals surface area contributed by atoms with E-state index in [1.54, 1.807) is 37.3 Å². The summed E-state index contributed by atoms with van der Waals surface area (Å²) in [6.45, 7) is 10.4. The van der Waals surface area contributed by atoms with Gasteiger partial charge in [0.15, 0.2) is 0 Å². The molecule has 7 heteroatoms. The highest BCUT2D eigenvalue weighted by Crippen LogP contribution is 2.23. The molecule has 148 valence electrons. The fourth-order valence-electron chi connectivity index (χ4n) is 2.52. The molecule has 0 heterocycles. The quantitative estimate of drug-likeness (QED) is 0.485. The average molecular weight is 418 g/mol. The predicted octanol–water partition coefficient (Wildman–Crippen LogP) is 3.70. The summed E-state index contributed by atoms with van der Waals surface area (Å²) < 4.78 is 53.1. The third-order valence-corrected chi connectivity index (χ3v) is 7.62. The Hall–Kier alpha value is -2.44. The van der Waals surface area contributed by atoms with E-state index in [0.29, 0.717) is 5.57 Å². The zero-order chi connectivity index (χ0) is 20.9. The molecule has 0 saturated carbocycles. The van der Waals surface area contributed by atoms with Crippen molar-refractivity contribution in [2.45, 2.75) is 23.6 Å². The van der Waals surface area contributed by atoms with Gasteiger partial charge in [-0.2, -0.15) is 4.31 Å². The molecule has 28 heavy (non-hydrogen) atoms. The standard InChI is InChI=1S/C21H23NO4S2/c1-5-19(27(23,24)20-9-7-6-8-10-20)16-22(15-17(2)3)28(25,26)21-13-11-18(4)12-14-21/h6-14H,1-2,15-16H2,3-4H3. The van der Waals surface area contributed by atoms with E-state index < -0.39 is 19.9 Å². The summed E-state index contributed by atoms with van der Waals surface area (Å²) in [5, 5.41) is 0. The van der Waals surface area contributed by atoms with Crippen LogP contribution in [0.3, 0.4) is 0 Å². The van der Waals surface area contributed by atoms with Crippen molar-refractivity contribution in [2.75, 3.05) is 13.1 Å². The molecule has 0 aliphatic rings. The highest BCUT2D eigenvalue weighted by atomic mass is 32.2. The minimum atomic E-state index is -3.94. The maximum Gasteiger partial charge on any atom is 0.243 e. The van der Waals surface area contributed by atoms with Crippen LogP contribution in [-0.2, 0) is 19.9 Å². The molecule has 0 N–H and O–H groups in total. The van der Waals surface area contributed by atoms with Crippen LogP contribution in [0, 0.1) is 6.92 Å². The van der Waals surface area contributed by atoms with Gasteiger partial charge in [-0.3, -0.25) is 0 Å². The minimum absolute atomic E-state index is 0.0221. The smallest absolute Gasteiger partial charge is 0.218 e. The summed E-state index contributed by atoms with van der Waals surface area (Å²) >= 11 is 0. The maximum atomic E-state index is 13.1. The van der Waals surface area contributed by atoms with Crippen molar-refractivity contribution in [2.24, 2.45) is 0 Å². The molecule has 0 fully saturated rings. The molecular weight excluding hydrogens is 394 g/mol. The number of sulfone groups is 1. The second kappa shape index (κ2) is 8.71. The third-order valence-electron chi connectivity index (χ3n) is 4.00. The summed E-state index contributed by atoms with van der Waals surface area (Å²) in [4.78, 5) is -0.0698. The zero-order valence-corrected chi connectivity index (χ0v) is 17.6. The average Bonchev–Trinajstić information content (AvgIpc) is 2.65. The Morgan fingerprint density at radius 1 is 0.929 bits per heavy atom. The first-order chi connectivity index (χ1) is 13.1. The molecule has 0 bridgehead atoms. The van der Waals surface area contributed by atoms with Gasteiger partial charge in [0.1, 0.15) is 4.91 Å². The molecule has 2 rings (SSSR count). The van der Waals surface area contributed by atoms with Gasteiger partial charge in [0.25, 0.3) is 0 Å². The van der Waals surface area contributed by atoms with E-state index in [1.165, 1.54) is 24.3 Å². The molecule has 0 spiro atoms. The molecule has 0 amide bonds. The second-order valence-electron chi connectivity index (χ2n) is 6.46. The van der Waals surface area contributed by atoms with Crippen LogP contribution >= 0.6 is 0 Å². The first kappa shape index (κ1) is 21.9. The topological polar surface area (TPSA) is 71.5 Å². The van der Waals surface area contributed by atoms with Gasteiger partial charge < -0.3 is 0 Å². The molecule has 2 aromatic carbocycles. The van der Waals surface area contributed by atoms with Gasteiger partial charge in [0.05, 0.1) is 16.3 Å². The number of hydrogen-bond donors (Lipinski definition) is 0. The molecule has 2 aromatic rings. The maximum absolute atomic E-state index is 13.1. The van der Waals surface area contributed by atoms with E-state index in [1.807, 2.05) is 6.92 Å². The van der Waals surface area contributed by atoms with Gasteiger partial charge in [-0.05, 0) is 38.1 Å². The normalized spacial score (nSPS) is 11.8. The second-order valence-corrected chi connectivity index (χ2v) is 10.4. The van der Waals surface area contributed by atoms with Crippen LogP contribution in [0.15, 0.2) is 93.8 Å². The minimum Gasteiger partial charge on any atom is -0.218 e. The van der Waals surface area contributed by atoms with Crippen molar-refractivity contribution < 1.29 is 16.8 Å². The number of aryl methyl sites for hydroxylation is 1. The molecule has 0 unspecified atom stereocenters. The lowest BCUT2D eigenvalue weighted by molar-refractivity contribution is 0.463. The van der Waals surface area contributed by atoms with Gasteiger partial charge in [0, 0.05) is 6.54 Å². The van der Waals surface area contributed by atoms with Gasteiger partial charge in [-0.25, -0.2) is 16.8 Å². The van der Waals surface area contributed by atoms with Gasteiger partial charge in [0.2, 0.25) is 19.9 Å². The Morgan fingerprint density at radius 3 is 2.00 bits per heavy atom. The Bertz CT molecular complexity index is 1110. The van der Waals surface area contributed by atoms with Crippen LogP contribution in [-0.4, -0.2) is 34.2 Å². The molecule has 0 atom stereocenters. The van der Waals surface area contributed by atoms with Gasteiger partial charge in [-0.1, -0.05) is 54.6 Å². The summed E-state index contributed by atoms with van der Waals surface area (Å²) in [6, 6.07) is 14.2. The van der Waals surface area contributed by atoms with Crippen LogP contribution in [0.5, 0.6) is 0 Å². The number of benzene rings is 2. The largest absolute Gasteiger partial charge is 0.243 e. The van der Waals surface area contributed by atoms with Gasteiger partial charge >= 0.3 is 0 Å². The lowest BCUT2D eigenvalue weighted by Gasteiger charge is -2.23. The summed E-state index contributed by atoms with van der Waals surface area (Å²) in [5.74, 6) is 0. The fraction of sp³-hybridized carbons (Fsp3) is 0.190. The highest BCUT2D eigenvalue weighted by Gasteiger charge is 2.30. The molecule has 0 aliphatic heterocycles. The predicted molar refractivity (Wildman–Crippen MR) is 111 cm³/mol. The first-order valence-corrected chi connectivity index (χ1v) is 11.4. The van der Waals surface area contributed by atoms with Crippen LogP contribution < -0.4 is 0 Å². The van der Waals surface area contributed by atoms with Crippen LogP contribution in [0.25, 0.3) is 0 Å². The Kier molecular flexibility index (Phi) is 6.80. The lowest BCUT2D eigenvalue weighted by atomic mass is 10.2. The highest BCUT2D eigenvalue weighted by molar-refractivity contribution is 7.95. The van der Waals surface area contributed by atoms with Crippen LogP contribution in [0.2, 0.25) is 0 Å². The Balaban J connectivity index is 2.47. The van der Waals surface area contributed by atoms with Crippen molar-refractivity contribution >= 4 is 19.9 Å². The van der Waals surface area contributed by atoms with Crippen molar-refractivity contribution in [3.05, 3.63) is 89.5 Å². The Labute approximate surface area is 167 Å². The zero-order valence-electron chi connectivity index (χ0n) is 15.9. The number of nitrogens with zero attached hydrogens (tertiary/aromatic N) is 1. The van der Waals surface area contributed by atoms with Crippen molar-refractivity contribution in [3.8, 4) is 0 Å². The lowest BCUT2D eigenvalue weighted by Crippen LogP contribution is -2.35. The number of sulfonamides is 1. The van der Waals surface area contributed by atoms with E-state index in [4.69, 9.17) is 0 Å². The Morgan fingerprint density at radius 2 is 1.50 bits per heavy atom. The molecular formula is C21H23NO4S2. The van der Waals surface area contributed by atoms with E-state index >= 15 is 0 Å². The SMILES string of the molecule is C=C=C(CN(CC(=C)C)S(=O)(=O)c1ccc(C)cc1)S(=O)(=O)c1ccccc1. The third kappa shape index (κ3) is 4.88. The molecule has 0 saturated heterocycles. The fourth-order valence-corrected chi connectivity index (χ4v) is 5.39. The van der Waals surface area contributed by atoms with Crippen molar-refractivity contribution in [1.82, 2.24) is 4.31 Å². The van der Waals surface area contributed by atoms with Gasteiger partial charge in [-0.15, -0.1) is 5.73 Å². The van der Waals surface area contributed by atoms with E-state index in [9.17, 15) is 16.8 Å². The summed E-state index contributed by atoms with van der Waals surface area (Å²) in [7, 11) is -7.86. The van der Waals surface area contributed by atoms with E-state index in [-0.39, 0.29) is 27.8 Å². The van der Waals surface area contributed by atoms with Crippen LogP contribution in [0.1, 0.15) is 12.5 Å². The number of hydrogen-bond acceptors (Lipinski definition) is 4. The summed E-state index contributed by atoms with van der Waals surface area (Å²) in [6.07, 6.45) is 0. The summed E-state index contributed by atoms with van der Waals surface area (Å²) in [5.41, 5.74) is 3.92. The van der Waals surface area contributed by atoms with Crippen molar-refractivity contribution in [1.29, 1.82) is 0 Å². The van der Waals surface area contributed by atoms with Crippen LogP contribution in [0.4, 0.5) is 0 Å². The molecule has 5 nitrogen and oxygen atoms in total. The molecule has 0 aromatic heterocycles.